The van der Waals surface area contributed by atoms with Crippen molar-refractivity contribution in [2.24, 2.45) is 0 Å². The highest BCUT2D eigenvalue weighted by molar-refractivity contribution is 5.84. The fraction of sp³-hybridized carbons (Fsp3) is 0.600. The van der Waals surface area contributed by atoms with Crippen molar-refractivity contribution in [1.82, 2.24) is 0 Å². The average molecular weight is 339 g/mol. The Morgan fingerprint density at radius 2 is 1.24 bits per heavy atom. The minimum atomic E-state index is 0.679. The van der Waals surface area contributed by atoms with Crippen molar-refractivity contribution >= 4 is 10.8 Å². The van der Waals surface area contributed by atoms with Gasteiger partial charge in [0.1, 0.15) is 0 Å². The van der Waals surface area contributed by atoms with Crippen molar-refractivity contribution in [3.05, 3.63) is 47.5 Å². The van der Waals surface area contributed by atoms with Crippen LogP contribution in [0.1, 0.15) is 102 Å². The van der Waals surface area contributed by atoms with Gasteiger partial charge in [-0.3, -0.25) is 0 Å². The second-order valence-corrected chi connectivity index (χ2v) is 7.93. The molecule has 0 heterocycles. The molecule has 0 aliphatic rings. The molecule has 2 rings (SSSR count). The summed E-state index contributed by atoms with van der Waals surface area (Å²) in [7, 11) is 0. The molecule has 1 atom stereocenters. The Morgan fingerprint density at radius 3 is 1.84 bits per heavy atom. The van der Waals surface area contributed by atoms with Crippen LogP contribution in [-0.2, 0) is 0 Å². The lowest BCUT2D eigenvalue weighted by Crippen LogP contribution is -1.97. The van der Waals surface area contributed by atoms with Crippen molar-refractivity contribution in [3.8, 4) is 0 Å². The average Bonchev–Trinajstić information content (AvgIpc) is 2.62. The summed E-state index contributed by atoms with van der Waals surface area (Å²) in [6.45, 7) is 6.97. The SMILES string of the molecule is CCCCCCCCCCCCC(C)c1cc2ccccc2cc1C. The molecule has 0 aliphatic carbocycles. The van der Waals surface area contributed by atoms with E-state index in [4.69, 9.17) is 0 Å². The van der Waals surface area contributed by atoms with Crippen molar-refractivity contribution in [3.63, 3.8) is 0 Å². The first-order chi connectivity index (χ1) is 12.2. The van der Waals surface area contributed by atoms with E-state index in [9.17, 15) is 0 Å². The molecule has 0 amide bonds. The van der Waals surface area contributed by atoms with E-state index >= 15 is 0 Å². The summed E-state index contributed by atoms with van der Waals surface area (Å²) in [6, 6.07) is 13.5. The van der Waals surface area contributed by atoms with Crippen LogP contribution in [-0.4, -0.2) is 0 Å². The number of hydrogen-bond donors (Lipinski definition) is 0. The summed E-state index contributed by atoms with van der Waals surface area (Å²) in [5.74, 6) is 0.679. The zero-order valence-electron chi connectivity index (χ0n) is 16.8. The standard InChI is InChI=1S/C25H38/c1-4-5-6-7-8-9-10-11-12-13-16-21(2)25-20-24-18-15-14-17-23(24)19-22(25)3/h14-15,17-21H,4-13,16H2,1-3H3. The van der Waals surface area contributed by atoms with E-state index in [0.29, 0.717) is 5.92 Å². The van der Waals surface area contributed by atoms with Crippen molar-refractivity contribution < 1.29 is 0 Å². The smallest absolute Gasteiger partial charge is 0.0181 e. The highest BCUT2D eigenvalue weighted by Gasteiger charge is 2.09. The fourth-order valence-corrected chi connectivity index (χ4v) is 4.00. The molecule has 1 unspecified atom stereocenters. The van der Waals surface area contributed by atoms with Gasteiger partial charge in [0.15, 0.2) is 0 Å². The Hall–Kier alpha value is -1.30. The minimum absolute atomic E-state index is 0.679. The monoisotopic (exact) mass is 338 g/mol. The fourth-order valence-electron chi connectivity index (χ4n) is 4.00. The number of aryl methyl sites for hydroxylation is 1. The van der Waals surface area contributed by atoms with Crippen LogP contribution in [0.4, 0.5) is 0 Å². The van der Waals surface area contributed by atoms with Crippen LogP contribution in [0.25, 0.3) is 10.8 Å². The lowest BCUT2D eigenvalue weighted by atomic mass is 9.89. The first kappa shape index (κ1) is 20.0. The summed E-state index contributed by atoms with van der Waals surface area (Å²) in [5, 5.41) is 2.76. The molecule has 0 aromatic heterocycles. The van der Waals surface area contributed by atoms with Gasteiger partial charge in [0.05, 0.1) is 0 Å². The summed E-state index contributed by atoms with van der Waals surface area (Å²) in [5.41, 5.74) is 3.01. The molecule has 25 heavy (non-hydrogen) atoms. The number of rotatable bonds is 12. The van der Waals surface area contributed by atoms with Gasteiger partial charge in [0.2, 0.25) is 0 Å². The van der Waals surface area contributed by atoms with Gasteiger partial charge in [-0.15, -0.1) is 0 Å². The van der Waals surface area contributed by atoms with Crippen LogP contribution in [0, 0.1) is 6.92 Å². The van der Waals surface area contributed by atoms with E-state index in [0.717, 1.165) is 0 Å². The normalized spacial score (nSPS) is 12.6. The molecule has 0 heteroatoms. The van der Waals surface area contributed by atoms with Crippen molar-refractivity contribution in [2.75, 3.05) is 0 Å². The van der Waals surface area contributed by atoms with Gasteiger partial charge in [-0.1, -0.05) is 114 Å². The third-order valence-corrected chi connectivity index (χ3v) is 5.66. The molecule has 0 radical (unpaired) electrons. The highest BCUT2D eigenvalue weighted by Crippen LogP contribution is 2.29. The Morgan fingerprint density at radius 1 is 0.720 bits per heavy atom. The Kier molecular flexibility index (Phi) is 9.08. The molecule has 0 aliphatic heterocycles. The van der Waals surface area contributed by atoms with Crippen molar-refractivity contribution in [1.29, 1.82) is 0 Å². The lowest BCUT2D eigenvalue weighted by molar-refractivity contribution is 0.534. The van der Waals surface area contributed by atoms with Gasteiger partial charge in [0.25, 0.3) is 0 Å². The van der Waals surface area contributed by atoms with E-state index in [-0.39, 0.29) is 0 Å². The molecular weight excluding hydrogens is 300 g/mol. The maximum absolute atomic E-state index is 2.42. The largest absolute Gasteiger partial charge is 0.0654 e. The molecule has 0 saturated carbocycles. The highest BCUT2D eigenvalue weighted by atomic mass is 14.1. The summed E-state index contributed by atoms with van der Waals surface area (Å²) in [4.78, 5) is 0. The van der Waals surface area contributed by atoms with Gasteiger partial charge in [-0.05, 0) is 41.2 Å². The molecule has 138 valence electrons. The summed E-state index contributed by atoms with van der Waals surface area (Å²) >= 11 is 0. The third-order valence-electron chi connectivity index (χ3n) is 5.66. The summed E-state index contributed by atoms with van der Waals surface area (Å²) in [6.07, 6.45) is 15.6. The number of benzene rings is 2. The molecular formula is C25H38. The second kappa shape index (κ2) is 11.3. The van der Waals surface area contributed by atoms with E-state index < -0.39 is 0 Å². The van der Waals surface area contributed by atoms with Crippen LogP contribution in [0.2, 0.25) is 0 Å². The predicted molar refractivity (Wildman–Crippen MR) is 114 cm³/mol. The second-order valence-electron chi connectivity index (χ2n) is 7.93. The first-order valence-electron chi connectivity index (χ1n) is 10.7. The van der Waals surface area contributed by atoms with E-state index in [1.165, 1.54) is 87.0 Å². The minimum Gasteiger partial charge on any atom is -0.0654 e. The number of hydrogen-bond acceptors (Lipinski definition) is 0. The topological polar surface area (TPSA) is 0 Å². The maximum Gasteiger partial charge on any atom is -0.0181 e. The first-order valence-corrected chi connectivity index (χ1v) is 10.7. The Bertz CT molecular complexity index is 610. The van der Waals surface area contributed by atoms with Crippen LogP contribution in [0.5, 0.6) is 0 Å². The van der Waals surface area contributed by atoms with Crippen molar-refractivity contribution in [2.45, 2.75) is 97.3 Å². The molecule has 0 fully saturated rings. The number of fused-ring (bicyclic) bond motifs is 1. The van der Waals surface area contributed by atoms with Gasteiger partial charge < -0.3 is 0 Å². The number of unbranched alkanes of at least 4 members (excludes halogenated alkanes) is 9. The quantitative estimate of drug-likeness (QED) is 0.340. The zero-order valence-corrected chi connectivity index (χ0v) is 16.8. The van der Waals surface area contributed by atoms with Gasteiger partial charge in [-0.25, -0.2) is 0 Å². The van der Waals surface area contributed by atoms with Crippen LogP contribution in [0.15, 0.2) is 36.4 Å². The van der Waals surface area contributed by atoms with Crippen LogP contribution in [0.3, 0.4) is 0 Å². The zero-order chi connectivity index (χ0) is 17.9. The van der Waals surface area contributed by atoms with Crippen LogP contribution < -0.4 is 0 Å². The molecule has 0 saturated heterocycles. The van der Waals surface area contributed by atoms with E-state index in [2.05, 4.69) is 57.2 Å². The Balaban J connectivity index is 1.65. The predicted octanol–water partition coefficient (Wildman–Crippen LogP) is 8.56. The molecule has 2 aromatic rings. The molecule has 0 spiro atoms. The maximum atomic E-state index is 2.42. The summed E-state index contributed by atoms with van der Waals surface area (Å²) < 4.78 is 0. The Labute approximate surface area is 156 Å². The van der Waals surface area contributed by atoms with Crippen LogP contribution >= 0.6 is 0 Å². The molecule has 0 bridgehead atoms. The van der Waals surface area contributed by atoms with Gasteiger partial charge in [0, 0.05) is 0 Å². The van der Waals surface area contributed by atoms with E-state index in [1.807, 2.05) is 0 Å². The molecule has 2 aromatic carbocycles. The molecule has 0 nitrogen and oxygen atoms in total. The van der Waals surface area contributed by atoms with Gasteiger partial charge in [-0.2, -0.15) is 0 Å². The lowest BCUT2D eigenvalue weighted by Gasteiger charge is -2.16. The third kappa shape index (κ3) is 6.84. The molecule has 0 N–H and O–H groups in total. The van der Waals surface area contributed by atoms with E-state index in [1.54, 1.807) is 5.56 Å². The van der Waals surface area contributed by atoms with Gasteiger partial charge >= 0.3 is 0 Å².